The van der Waals surface area contributed by atoms with Crippen molar-refractivity contribution in [2.45, 2.75) is 56.6 Å². The molecule has 4 rings (SSSR count). The van der Waals surface area contributed by atoms with Crippen LogP contribution in [0, 0.1) is 6.92 Å². The molecule has 1 amide bonds. The Labute approximate surface area is 206 Å². The number of rotatable bonds is 7. The SMILES string of the molecule is C=CCN1CC[C@@]2(c3cccc(OC(C)=O)c3)C[C@H](NC(=O)/C=C/c3ccoc3C)CC[C@]2(O)C1. The van der Waals surface area contributed by atoms with Crippen molar-refractivity contribution >= 4 is 18.0 Å². The Morgan fingerprint density at radius 3 is 2.89 bits per heavy atom. The van der Waals surface area contributed by atoms with Gasteiger partial charge < -0.3 is 19.6 Å². The third-order valence-electron chi connectivity index (χ3n) is 7.43. The number of benzene rings is 1. The highest BCUT2D eigenvalue weighted by atomic mass is 16.5. The summed E-state index contributed by atoms with van der Waals surface area (Å²) < 4.78 is 10.6. The quantitative estimate of drug-likeness (QED) is 0.273. The van der Waals surface area contributed by atoms with Crippen LogP contribution < -0.4 is 10.1 Å². The summed E-state index contributed by atoms with van der Waals surface area (Å²) in [6.45, 7) is 9.11. The molecule has 2 aromatic rings. The van der Waals surface area contributed by atoms with Gasteiger partial charge in [-0.2, -0.15) is 0 Å². The first-order chi connectivity index (χ1) is 16.7. The van der Waals surface area contributed by atoms with Gasteiger partial charge in [0.15, 0.2) is 0 Å². The number of amides is 1. The molecule has 0 unspecified atom stereocenters. The van der Waals surface area contributed by atoms with Crippen LogP contribution >= 0.6 is 0 Å². The first-order valence-electron chi connectivity index (χ1n) is 12.1. The van der Waals surface area contributed by atoms with Gasteiger partial charge in [0.2, 0.25) is 5.91 Å². The number of carbonyl (C=O) groups excluding carboxylic acids is 2. The fourth-order valence-corrected chi connectivity index (χ4v) is 5.73. The maximum absolute atomic E-state index is 12.7. The molecule has 0 radical (unpaired) electrons. The summed E-state index contributed by atoms with van der Waals surface area (Å²) in [5.41, 5.74) is 0.239. The predicted molar refractivity (Wildman–Crippen MR) is 134 cm³/mol. The second-order valence-electron chi connectivity index (χ2n) is 9.72. The van der Waals surface area contributed by atoms with Crippen LogP contribution in [0.15, 0.2) is 59.7 Å². The van der Waals surface area contributed by atoms with Crippen LogP contribution in [0.3, 0.4) is 0 Å². The second-order valence-corrected chi connectivity index (χ2v) is 9.72. The van der Waals surface area contributed by atoms with Crippen LogP contribution in [0.25, 0.3) is 6.08 Å². The Hall–Kier alpha value is -3.16. The van der Waals surface area contributed by atoms with E-state index in [1.54, 1.807) is 18.4 Å². The number of ether oxygens (including phenoxy) is 1. The van der Waals surface area contributed by atoms with E-state index in [1.165, 1.54) is 13.0 Å². The highest BCUT2D eigenvalue weighted by Gasteiger charge is 2.57. The van der Waals surface area contributed by atoms with E-state index in [-0.39, 0.29) is 17.9 Å². The highest BCUT2D eigenvalue weighted by Crippen LogP contribution is 2.52. The number of aliphatic hydroxyl groups is 1. The van der Waals surface area contributed by atoms with Crippen molar-refractivity contribution in [3.05, 3.63) is 72.2 Å². The summed E-state index contributed by atoms with van der Waals surface area (Å²) in [4.78, 5) is 26.5. The van der Waals surface area contributed by atoms with Crippen molar-refractivity contribution in [3.8, 4) is 5.75 Å². The van der Waals surface area contributed by atoms with E-state index in [4.69, 9.17) is 9.15 Å². The first-order valence-corrected chi connectivity index (χ1v) is 12.1. The largest absolute Gasteiger partial charge is 0.469 e. The molecule has 2 heterocycles. The summed E-state index contributed by atoms with van der Waals surface area (Å²) in [7, 11) is 0. The van der Waals surface area contributed by atoms with Gasteiger partial charge in [-0.05, 0) is 69.0 Å². The monoisotopic (exact) mass is 478 g/mol. The zero-order chi connectivity index (χ0) is 25.1. The number of nitrogens with zero attached hydrogens (tertiary/aromatic N) is 1. The Bertz CT molecular complexity index is 1120. The van der Waals surface area contributed by atoms with Gasteiger partial charge in [0.25, 0.3) is 0 Å². The number of hydrogen-bond donors (Lipinski definition) is 2. The minimum atomic E-state index is -0.978. The fourth-order valence-electron chi connectivity index (χ4n) is 5.73. The predicted octanol–water partition coefficient (Wildman–Crippen LogP) is 3.76. The Morgan fingerprint density at radius 1 is 1.34 bits per heavy atom. The van der Waals surface area contributed by atoms with Crippen molar-refractivity contribution in [1.29, 1.82) is 0 Å². The molecular formula is C28H34N2O5. The molecule has 1 saturated carbocycles. The number of piperidine rings is 1. The van der Waals surface area contributed by atoms with Gasteiger partial charge in [0, 0.05) is 43.1 Å². The Kier molecular flexibility index (Phi) is 7.28. The molecular weight excluding hydrogens is 444 g/mol. The molecule has 7 nitrogen and oxygen atoms in total. The topological polar surface area (TPSA) is 92.0 Å². The molecule has 0 bridgehead atoms. The summed E-state index contributed by atoms with van der Waals surface area (Å²) in [6, 6.07) is 9.19. The third kappa shape index (κ3) is 5.26. The van der Waals surface area contributed by atoms with E-state index in [9.17, 15) is 14.7 Å². The number of likely N-dealkylation sites (tertiary alicyclic amines) is 1. The van der Waals surface area contributed by atoms with Crippen LogP contribution in [0.1, 0.15) is 49.5 Å². The molecule has 1 aliphatic carbocycles. The zero-order valence-corrected chi connectivity index (χ0v) is 20.5. The smallest absolute Gasteiger partial charge is 0.308 e. The van der Waals surface area contributed by atoms with Gasteiger partial charge in [0.05, 0.1) is 11.9 Å². The Morgan fingerprint density at radius 2 is 2.17 bits per heavy atom. The van der Waals surface area contributed by atoms with E-state index in [0.717, 1.165) is 29.9 Å². The summed E-state index contributed by atoms with van der Waals surface area (Å²) in [6.07, 6.45) is 9.27. The van der Waals surface area contributed by atoms with Gasteiger partial charge >= 0.3 is 5.97 Å². The van der Waals surface area contributed by atoms with Gasteiger partial charge in [0.1, 0.15) is 11.5 Å². The van der Waals surface area contributed by atoms with Crippen LogP contribution in [0.4, 0.5) is 0 Å². The lowest BCUT2D eigenvalue weighted by atomic mass is 9.55. The zero-order valence-electron chi connectivity index (χ0n) is 20.5. The molecule has 35 heavy (non-hydrogen) atoms. The average Bonchev–Trinajstić information content (AvgIpc) is 3.22. The van der Waals surface area contributed by atoms with E-state index >= 15 is 0 Å². The minimum absolute atomic E-state index is 0.0961. The number of nitrogens with one attached hydrogen (secondary N) is 1. The lowest BCUT2D eigenvalue weighted by molar-refractivity contribution is -0.132. The number of aryl methyl sites for hydroxylation is 1. The van der Waals surface area contributed by atoms with E-state index in [1.807, 2.05) is 37.3 Å². The van der Waals surface area contributed by atoms with Gasteiger partial charge in [-0.3, -0.25) is 14.5 Å². The molecule has 1 aromatic heterocycles. The standard InChI is InChI=1S/C28H34N2O5/c1-4-14-30-15-13-27(23-6-5-7-25(17-23)35-21(3)31)18-24(10-12-28(27,33)19-30)29-26(32)9-8-22-11-16-34-20(22)2/h4-9,11,16-17,24,33H,1,10,12-15,18-19H2,2-3H3,(H,29,32)/b9-8+/t24-,27+,28+/m1/s1. The van der Waals surface area contributed by atoms with Crippen molar-refractivity contribution in [3.63, 3.8) is 0 Å². The maximum Gasteiger partial charge on any atom is 0.308 e. The van der Waals surface area contributed by atoms with Gasteiger partial charge in [-0.1, -0.05) is 18.2 Å². The Balaban J connectivity index is 1.60. The summed E-state index contributed by atoms with van der Waals surface area (Å²) in [5.74, 6) is 0.664. The van der Waals surface area contributed by atoms with Gasteiger partial charge in [-0.15, -0.1) is 6.58 Å². The van der Waals surface area contributed by atoms with Crippen LogP contribution in [0.2, 0.25) is 0 Å². The van der Waals surface area contributed by atoms with Crippen molar-refractivity contribution < 1.29 is 23.8 Å². The molecule has 1 aliphatic heterocycles. The number of esters is 1. The van der Waals surface area contributed by atoms with Crippen molar-refractivity contribution in [2.75, 3.05) is 19.6 Å². The molecule has 2 aliphatic rings. The molecule has 1 aromatic carbocycles. The molecule has 1 saturated heterocycles. The summed E-state index contributed by atoms with van der Waals surface area (Å²) >= 11 is 0. The maximum atomic E-state index is 12.7. The lowest BCUT2D eigenvalue weighted by Crippen LogP contribution is -2.67. The first kappa shape index (κ1) is 24.9. The number of hydrogen-bond acceptors (Lipinski definition) is 6. The van der Waals surface area contributed by atoms with Gasteiger partial charge in [-0.25, -0.2) is 0 Å². The van der Waals surface area contributed by atoms with E-state index in [2.05, 4.69) is 16.8 Å². The number of β-amino-alcohol motifs (C(OH)–C–C–N with tert-alkyl or cyclic N) is 1. The van der Waals surface area contributed by atoms with Crippen molar-refractivity contribution in [1.82, 2.24) is 10.2 Å². The van der Waals surface area contributed by atoms with Crippen molar-refractivity contribution in [2.24, 2.45) is 0 Å². The van der Waals surface area contributed by atoms with Crippen LogP contribution in [0.5, 0.6) is 5.75 Å². The molecule has 2 fully saturated rings. The third-order valence-corrected chi connectivity index (χ3v) is 7.43. The second kappa shape index (κ2) is 10.2. The van der Waals surface area contributed by atoms with Crippen LogP contribution in [-0.2, 0) is 15.0 Å². The molecule has 3 atom stereocenters. The fraction of sp³-hybridized carbons (Fsp3) is 0.429. The highest BCUT2D eigenvalue weighted by molar-refractivity contribution is 5.92. The molecule has 186 valence electrons. The molecule has 2 N–H and O–H groups in total. The average molecular weight is 479 g/mol. The number of fused-ring (bicyclic) bond motifs is 1. The van der Waals surface area contributed by atoms with E-state index in [0.29, 0.717) is 38.1 Å². The van der Waals surface area contributed by atoms with Crippen LogP contribution in [-0.4, -0.2) is 53.2 Å². The molecule has 0 spiro atoms. The number of carbonyl (C=O) groups is 2. The molecule has 7 heteroatoms. The summed E-state index contributed by atoms with van der Waals surface area (Å²) in [5, 5.41) is 15.2. The van der Waals surface area contributed by atoms with E-state index < -0.39 is 11.0 Å². The number of furan rings is 1. The minimum Gasteiger partial charge on any atom is -0.469 e. The normalized spacial score (nSPS) is 26.8. The lowest BCUT2D eigenvalue weighted by Gasteiger charge is -2.58.